The van der Waals surface area contributed by atoms with Crippen LogP contribution in [0.4, 0.5) is 4.79 Å². The van der Waals surface area contributed by atoms with Gasteiger partial charge in [-0.2, -0.15) is 0 Å². The highest BCUT2D eigenvalue weighted by Gasteiger charge is 2.51. The molecule has 1 aliphatic rings. The molecule has 24 heavy (non-hydrogen) atoms. The van der Waals surface area contributed by atoms with E-state index in [0.29, 0.717) is 17.2 Å². The molecule has 122 valence electrons. The van der Waals surface area contributed by atoms with E-state index >= 15 is 0 Å². The number of hydrogen-bond acceptors (Lipinski definition) is 6. The van der Waals surface area contributed by atoms with Gasteiger partial charge >= 0.3 is 6.03 Å². The maximum atomic E-state index is 12.7. The molecule has 4 rings (SSSR count). The average molecular weight is 343 g/mol. The van der Waals surface area contributed by atoms with Gasteiger partial charge in [-0.05, 0) is 30.5 Å². The van der Waals surface area contributed by atoms with Gasteiger partial charge in [-0.1, -0.05) is 11.2 Å². The largest absolute Gasteiger partial charge is 0.466 e. The first kappa shape index (κ1) is 14.7. The second-order valence-corrected chi connectivity index (χ2v) is 6.53. The SMILES string of the molecule is C[C@]1(c2ccco2)NC(=O)N(Cc2cc(-c3cccs3)on2)C1=O. The van der Waals surface area contributed by atoms with E-state index in [-0.39, 0.29) is 12.5 Å². The minimum Gasteiger partial charge on any atom is -0.466 e. The summed E-state index contributed by atoms with van der Waals surface area (Å²) in [6.07, 6.45) is 1.47. The molecule has 4 heterocycles. The van der Waals surface area contributed by atoms with Crippen molar-refractivity contribution in [3.05, 3.63) is 53.4 Å². The van der Waals surface area contributed by atoms with E-state index in [0.717, 1.165) is 9.78 Å². The van der Waals surface area contributed by atoms with E-state index in [1.54, 1.807) is 25.1 Å². The van der Waals surface area contributed by atoms with Crippen molar-refractivity contribution >= 4 is 23.3 Å². The van der Waals surface area contributed by atoms with E-state index in [1.807, 2.05) is 17.5 Å². The van der Waals surface area contributed by atoms with Crippen LogP contribution in [-0.4, -0.2) is 22.0 Å². The van der Waals surface area contributed by atoms with Crippen molar-refractivity contribution in [1.82, 2.24) is 15.4 Å². The predicted octanol–water partition coefficient (Wildman–Crippen LogP) is 2.96. The Morgan fingerprint density at radius 1 is 1.33 bits per heavy atom. The minimum absolute atomic E-state index is 0.0375. The van der Waals surface area contributed by atoms with Gasteiger partial charge in [-0.3, -0.25) is 9.69 Å². The Kier molecular flexibility index (Phi) is 3.27. The molecular formula is C16H13N3O4S. The molecule has 3 amide bonds. The number of furan rings is 1. The van der Waals surface area contributed by atoms with E-state index in [1.165, 1.54) is 17.6 Å². The van der Waals surface area contributed by atoms with Gasteiger partial charge < -0.3 is 14.3 Å². The summed E-state index contributed by atoms with van der Waals surface area (Å²) in [4.78, 5) is 27.0. The van der Waals surface area contributed by atoms with Crippen LogP contribution in [-0.2, 0) is 16.9 Å². The van der Waals surface area contributed by atoms with E-state index in [2.05, 4.69) is 10.5 Å². The van der Waals surface area contributed by atoms with Crippen LogP contribution in [0.2, 0.25) is 0 Å². The van der Waals surface area contributed by atoms with Crippen molar-refractivity contribution in [2.45, 2.75) is 19.0 Å². The first-order valence-electron chi connectivity index (χ1n) is 7.25. The fraction of sp³-hybridized carbons (Fsp3) is 0.188. The molecule has 1 fully saturated rings. The van der Waals surface area contributed by atoms with E-state index in [4.69, 9.17) is 8.94 Å². The summed E-state index contributed by atoms with van der Waals surface area (Å²) in [6.45, 7) is 1.65. The Bertz CT molecular complexity index is 884. The quantitative estimate of drug-likeness (QED) is 0.736. The van der Waals surface area contributed by atoms with Crippen molar-refractivity contribution in [2.75, 3.05) is 0 Å². The maximum Gasteiger partial charge on any atom is 0.325 e. The number of thiophene rings is 1. The number of amides is 3. The van der Waals surface area contributed by atoms with E-state index in [9.17, 15) is 9.59 Å². The van der Waals surface area contributed by atoms with Crippen molar-refractivity contribution in [3.8, 4) is 10.6 Å². The first-order valence-corrected chi connectivity index (χ1v) is 8.13. The lowest BCUT2D eigenvalue weighted by atomic mass is 9.99. The molecule has 0 aliphatic carbocycles. The van der Waals surface area contributed by atoms with Gasteiger partial charge in [-0.15, -0.1) is 11.3 Å². The molecule has 0 saturated carbocycles. The predicted molar refractivity (Wildman–Crippen MR) is 85.0 cm³/mol. The van der Waals surface area contributed by atoms with Crippen LogP contribution in [0.25, 0.3) is 10.6 Å². The van der Waals surface area contributed by atoms with Crippen molar-refractivity contribution in [1.29, 1.82) is 0 Å². The summed E-state index contributed by atoms with van der Waals surface area (Å²) in [5, 5.41) is 8.56. The third-order valence-electron chi connectivity index (χ3n) is 3.93. The number of imide groups is 1. The Morgan fingerprint density at radius 3 is 2.92 bits per heavy atom. The molecule has 0 spiro atoms. The highest BCUT2D eigenvalue weighted by molar-refractivity contribution is 7.13. The first-order chi connectivity index (χ1) is 11.6. The maximum absolute atomic E-state index is 12.7. The van der Waals surface area contributed by atoms with Gasteiger partial charge in [0.25, 0.3) is 5.91 Å². The smallest absolute Gasteiger partial charge is 0.325 e. The monoisotopic (exact) mass is 343 g/mol. The molecule has 3 aromatic heterocycles. The highest BCUT2D eigenvalue weighted by atomic mass is 32.1. The fourth-order valence-corrected chi connectivity index (χ4v) is 3.33. The van der Waals surface area contributed by atoms with Crippen LogP contribution in [0, 0.1) is 0 Å². The zero-order valence-electron chi connectivity index (χ0n) is 12.7. The molecule has 0 aromatic carbocycles. The van der Waals surface area contributed by atoms with Crippen LogP contribution in [0.1, 0.15) is 18.4 Å². The van der Waals surface area contributed by atoms with Crippen LogP contribution in [0.5, 0.6) is 0 Å². The lowest BCUT2D eigenvalue weighted by Gasteiger charge is -2.18. The van der Waals surface area contributed by atoms with Crippen LogP contribution >= 0.6 is 11.3 Å². The summed E-state index contributed by atoms with van der Waals surface area (Å²) in [5.74, 6) is 0.617. The molecule has 1 aliphatic heterocycles. The van der Waals surface area contributed by atoms with Crippen LogP contribution in [0.3, 0.4) is 0 Å². The summed E-state index contributed by atoms with van der Waals surface area (Å²) in [5.41, 5.74) is -0.702. The van der Waals surface area contributed by atoms with E-state index < -0.39 is 11.6 Å². The zero-order valence-corrected chi connectivity index (χ0v) is 13.5. The van der Waals surface area contributed by atoms with Crippen molar-refractivity contribution in [2.24, 2.45) is 0 Å². The topological polar surface area (TPSA) is 88.6 Å². The number of nitrogens with zero attached hydrogens (tertiary/aromatic N) is 2. The number of rotatable bonds is 4. The Morgan fingerprint density at radius 2 is 2.21 bits per heavy atom. The number of urea groups is 1. The Hall–Kier alpha value is -2.87. The molecule has 1 atom stereocenters. The molecule has 0 bridgehead atoms. The molecule has 7 nitrogen and oxygen atoms in total. The van der Waals surface area contributed by atoms with Gasteiger partial charge in [-0.25, -0.2) is 4.79 Å². The summed E-state index contributed by atoms with van der Waals surface area (Å²) < 4.78 is 10.6. The number of nitrogens with one attached hydrogen (secondary N) is 1. The minimum atomic E-state index is -1.21. The number of hydrogen-bond donors (Lipinski definition) is 1. The fourth-order valence-electron chi connectivity index (χ4n) is 2.65. The summed E-state index contributed by atoms with van der Waals surface area (Å²) in [6, 6.07) is 8.40. The number of aromatic nitrogens is 1. The molecule has 1 saturated heterocycles. The van der Waals surface area contributed by atoms with Gasteiger partial charge in [0.15, 0.2) is 11.3 Å². The molecule has 1 N–H and O–H groups in total. The van der Waals surface area contributed by atoms with Crippen LogP contribution in [0.15, 0.2) is 50.9 Å². The molecule has 8 heteroatoms. The van der Waals surface area contributed by atoms with Crippen molar-refractivity contribution < 1.29 is 18.5 Å². The number of carbonyl (C=O) groups excluding carboxylic acids is 2. The lowest BCUT2D eigenvalue weighted by molar-refractivity contribution is -0.132. The lowest BCUT2D eigenvalue weighted by Crippen LogP contribution is -2.40. The summed E-state index contributed by atoms with van der Waals surface area (Å²) in [7, 11) is 0. The van der Waals surface area contributed by atoms with Gasteiger partial charge in [0.05, 0.1) is 17.7 Å². The Labute approximate surface area is 140 Å². The van der Waals surface area contributed by atoms with Crippen molar-refractivity contribution in [3.63, 3.8) is 0 Å². The van der Waals surface area contributed by atoms with Crippen LogP contribution < -0.4 is 5.32 Å². The second-order valence-electron chi connectivity index (χ2n) is 5.58. The standard InChI is InChI=1S/C16H13N3O4S/c1-16(13-5-2-6-22-13)14(20)19(15(21)17-16)9-10-8-11(23-18-10)12-4-3-7-24-12/h2-8H,9H2,1H3,(H,17,21)/t16-/m1/s1. The normalized spacial score (nSPS) is 20.6. The number of carbonyl (C=O) groups is 2. The third kappa shape index (κ3) is 2.23. The average Bonchev–Trinajstić information content (AvgIpc) is 3.34. The molecule has 3 aromatic rings. The summed E-state index contributed by atoms with van der Waals surface area (Å²) >= 11 is 1.53. The highest BCUT2D eigenvalue weighted by Crippen LogP contribution is 2.31. The van der Waals surface area contributed by atoms with Gasteiger partial charge in [0.2, 0.25) is 0 Å². The second kappa shape index (κ2) is 5.34. The Balaban J connectivity index is 1.57. The van der Waals surface area contributed by atoms with Gasteiger partial charge in [0.1, 0.15) is 11.5 Å². The van der Waals surface area contributed by atoms with Gasteiger partial charge in [0, 0.05) is 6.07 Å². The third-order valence-corrected chi connectivity index (χ3v) is 4.82. The molecular weight excluding hydrogens is 330 g/mol. The molecule has 0 radical (unpaired) electrons. The zero-order chi connectivity index (χ0) is 16.7. The molecule has 0 unspecified atom stereocenters.